The third kappa shape index (κ3) is 6.45. The molecule has 0 radical (unpaired) electrons. The van der Waals surface area contributed by atoms with E-state index in [0.29, 0.717) is 41.2 Å². The lowest BCUT2D eigenvalue weighted by Crippen LogP contribution is -2.38. The van der Waals surface area contributed by atoms with E-state index in [2.05, 4.69) is 5.48 Å². The molecule has 2 aliphatic rings. The van der Waals surface area contributed by atoms with E-state index in [4.69, 9.17) is 9.72 Å². The molecule has 1 amide bonds. The monoisotopic (exact) mass is 652 g/mol. The summed E-state index contributed by atoms with van der Waals surface area (Å²) in [6, 6.07) is 8.78. The summed E-state index contributed by atoms with van der Waals surface area (Å²) >= 11 is 0. The van der Waals surface area contributed by atoms with Crippen molar-refractivity contribution >= 4 is 11.9 Å². The lowest BCUT2D eigenvalue weighted by atomic mass is 9.79. The van der Waals surface area contributed by atoms with Gasteiger partial charge in [0.25, 0.3) is 0 Å². The molecule has 2 aromatic carbocycles. The number of hydrogen-bond acceptors (Lipinski definition) is 7. The number of carbonyl (C=O) groups excluding carboxylic acids is 1. The molecule has 2 fully saturated rings. The Morgan fingerprint density at radius 2 is 1.61 bits per heavy atom. The third-order valence-electron chi connectivity index (χ3n) is 9.02. The Balaban J connectivity index is 1.55. The van der Waals surface area contributed by atoms with Crippen molar-refractivity contribution in [3.05, 3.63) is 76.5 Å². The zero-order chi connectivity index (χ0) is 33.6. The molecule has 2 aliphatic heterocycles. The van der Waals surface area contributed by atoms with Crippen LogP contribution >= 0.6 is 0 Å². The van der Waals surface area contributed by atoms with Crippen LogP contribution in [0.15, 0.2) is 48.5 Å². The zero-order valence-corrected chi connectivity index (χ0v) is 25.3. The molecule has 1 aromatic heterocycles. The first kappa shape index (κ1) is 33.3. The highest BCUT2D eigenvalue weighted by Crippen LogP contribution is 2.43. The molecule has 3 atom stereocenters. The van der Waals surface area contributed by atoms with Crippen molar-refractivity contribution < 1.29 is 46.2 Å². The molecule has 3 aromatic rings. The number of nitrogens with zero attached hydrogens (tertiary/aromatic N) is 3. The van der Waals surface area contributed by atoms with Crippen molar-refractivity contribution in [2.75, 3.05) is 24.5 Å². The molecule has 0 aliphatic carbocycles. The van der Waals surface area contributed by atoms with Crippen molar-refractivity contribution in [2.45, 2.75) is 70.1 Å². The molecule has 2 saturated heterocycles. The maximum absolute atomic E-state index is 13.6. The molecule has 0 saturated carbocycles. The number of aromatic nitrogens is 1. The average Bonchev–Trinajstić information content (AvgIpc) is 3.24. The highest BCUT2D eigenvalue weighted by molar-refractivity contribution is 5.76. The van der Waals surface area contributed by atoms with Gasteiger partial charge in [0.1, 0.15) is 17.7 Å². The number of hydrogen-bond donors (Lipinski definition) is 3. The number of hydroxylamine groups is 1. The molecule has 3 N–H and O–H groups in total. The Bertz CT molecular complexity index is 1580. The number of amides is 1. The fourth-order valence-electron chi connectivity index (χ4n) is 5.77. The van der Waals surface area contributed by atoms with Crippen molar-refractivity contribution in [3.8, 4) is 16.9 Å². The van der Waals surface area contributed by atoms with Crippen LogP contribution in [-0.2, 0) is 29.0 Å². The van der Waals surface area contributed by atoms with Crippen LogP contribution in [-0.4, -0.2) is 52.0 Å². The number of ether oxygens (including phenoxy) is 1. The lowest BCUT2D eigenvalue weighted by molar-refractivity contribution is -0.143. The number of pyridine rings is 1. The number of alkyl halides is 6. The summed E-state index contributed by atoms with van der Waals surface area (Å²) < 4.78 is 86.8. The van der Waals surface area contributed by atoms with Gasteiger partial charge in [0.2, 0.25) is 0 Å². The molecule has 8 nitrogen and oxygen atoms in total. The Labute approximate surface area is 261 Å². The number of anilines is 1. The van der Waals surface area contributed by atoms with Gasteiger partial charge in [0.15, 0.2) is 0 Å². The van der Waals surface area contributed by atoms with Gasteiger partial charge in [-0.3, -0.25) is 4.90 Å². The number of halogens is 6. The fraction of sp³-hybridized carbons (Fsp3) is 0.438. The van der Waals surface area contributed by atoms with Crippen LogP contribution in [0.2, 0.25) is 0 Å². The van der Waals surface area contributed by atoms with Gasteiger partial charge in [-0.15, -0.1) is 0 Å². The predicted molar refractivity (Wildman–Crippen MR) is 156 cm³/mol. The van der Waals surface area contributed by atoms with E-state index in [0.717, 1.165) is 25.1 Å². The first-order valence-electron chi connectivity index (χ1n) is 14.8. The topological polar surface area (TPSA) is 98.2 Å². The van der Waals surface area contributed by atoms with Crippen molar-refractivity contribution in [1.82, 2.24) is 15.4 Å². The van der Waals surface area contributed by atoms with Gasteiger partial charge in [0.05, 0.1) is 29.4 Å². The van der Waals surface area contributed by atoms with Gasteiger partial charge in [-0.2, -0.15) is 26.3 Å². The molecule has 14 heteroatoms. The van der Waals surface area contributed by atoms with Crippen LogP contribution in [0.25, 0.3) is 11.1 Å². The van der Waals surface area contributed by atoms with E-state index in [-0.39, 0.29) is 24.9 Å². The van der Waals surface area contributed by atoms with Crippen LogP contribution < -0.4 is 10.4 Å². The van der Waals surface area contributed by atoms with E-state index in [1.54, 1.807) is 24.3 Å². The number of carbonyl (C=O) groups is 1. The lowest BCUT2D eigenvalue weighted by Gasteiger charge is -2.33. The fourth-order valence-corrected chi connectivity index (χ4v) is 5.77. The Kier molecular flexibility index (Phi) is 8.90. The molecule has 0 bridgehead atoms. The quantitative estimate of drug-likeness (QED) is 0.163. The second-order valence-corrected chi connectivity index (χ2v) is 12.0. The first-order valence-corrected chi connectivity index (χ1v) is 14.8. The van der Waals surface area contributed by atoms with Gasteiger partial charge in [-0.05, 0) is 73.4 Å². The summed E-state index contributed by atoms with van der Waals surface area (Å²) in [7, 11) is 0. The standard InChI is InChI=1S/C32H34F6N4O4/c1-4-30(3,17-39-45)20-6-8-26(43)24(15-20)23-7-9-27(41-10-5-11-41)40-25(23)16-42-18(2)28(46-29(42)44)19-12-21(31(33,34)35)14-22(13-19)32(36,37)38/h6-9,12-15,18,28,39,43,45H,4-5,10-11,16-17H2,1-3H3/t18-,28-,30?/m0/s1. The van der Waals surface area contributed by atoms with Crippen LogP contribution in [0, 0.1) is 0 Å². The Morgan fingerprint density at radius 1 is 0.957 bits per heavy atom. The smallest absolute Gasteiger partial charge is 0.416 e. The van der Waals surface area contributed by atoms with Crippen LogP contribution in [0.4, 0.5) is 37.0 Å². The number of benzene rings is 2. The van der Waals surface area contributed by atoms with Crippen LogP contribution in [0.1, 0.15) is 67.7 Å². The van der Waals surface area contributed by atoms with Gasteiger partial charge in [-0.25, -0.2) is 15.3 Å². The second-order valence-electron chi connectivity index (χ2n) is 12.0. The maximum atomic E-state index is 13.6. The summed E-state index contributed by atoms with van der Waals surface area (Å²) in [6.07, 6.45) is -10.9. The van der Waals surface area contributed by atoms with E-state index in [1.165, 1.54) is 17.9 Å². The van der Waals surface area contributed by atoms with Gasteiger partial charge < -0.3 is 20.0 Å². The SMILES string of the molecule is CCC(C)(CNO)c1ccc(O)c(-c2ccc(N3CCC3)nc2CN2C(=O)O[C@H](c3cc(C(F)(F)F)cc(C(F)(F)F)c3)[C@@H]2C)c1. The van der Waals surface area contributed by atoms with E-state index < -0.39 is 52.7 Å². The second kappa shape index (κ2) is 12.3. The molecular weight excluding hydrogens is 618 g/mol. The predicted octanol–water partition coefficient (Wildman–Crippen LogP) is 7.43. The molecule has 248 valence electrons. The summed E-state index contributed by atoms with van der Waals surface area (Å²) in [5.74, 6) is 0.547. The minimum absolute atomic E-state index is 0.0287. The highest BCUT2D eigenvalue weighted by Gasteiger charge is 2.43. The molecule has 1 unspecified atom stereocenters. The normalized spacial score (nSPS) is 20.0. The first-order chi connectivity index (χ1) is 21.6. The number of nitrogens with one attached hydrogen (secondary N) is 1. The van der Waals surface area contributed by atoms with Gasteiger partial charge >= 0.3 is 18.4 Å². The average molecular weight is 653 g/mol. The molecular formula is C32H34F6N4O4. The van der Waals surface area contributed by atoms with Gasteiger partial charge in [-0.1, -0.05) is 19.9 Å². The number of phenols is 1. The van der Waals surface area contributed by atoms with Gasteiger partial charge in [0, 0.05) is 36.2 Å². The van der Waals surface area contributed by atoms with E-state index >= 15 is 0 Å². The van der Waals surface area contributed by atoms with E-state index in [9.17, 15) is 41.5 Å². The third-order valence-corrected chi connectivity index (χ3v) is 9.02. The zero-order valence-electron chi connectivity index (χ0n) is 25.3. The maximum Gasteiger partial charge on any atom is 0.416 e. The van der Waals surface area contributed by atoms with Crippen LogP contribution in [0.5, 0.6) is 5.75 Å². The van der Waals surface area contributed by atoms with Crippen molar-refractivity contribution in [2.24, 2.45) is 0 Å². The number of aromatic hydroxyl groups is 1. The molecule has 46 heavy (non-hydrogen) atoms. The summed E-state index contributed by atoms with van der Waals surface area (Å²) in [5.41, 5.74) is 0.285. The highest BCUT2D eigenvalue weighted by atomic mass is 19.4. The number of cyclic esters (lactones) is 1. The van der Waals surface area contributed by atoms with Crippen molar-refractivity contribution in [1.29, 1.82) is 0 Å². The minimum atomic E-state index is -5.06. The molecule has 0 spiro atoms. The number of phenolic OH excluding ortho intramolecular Hbond substituents is 1. The molecule has 3 heterocycles. The Morgan fingerprint density at radius 3 is 2.15 bits per heavy atom. The van der Waals surface area contributed by atoms with Crippen LogP contribution in [0.3, 0.4) is 0 Å². The number of rotatable bonds is 9. The minimum Gasteiger partial charge on any atom is -0.507 e. The summed E-state index contributed by atoms with van der Waals surface area (Å²) in [6.45, 7) is 6.93. The largest absolute Gasteiger partial charge is 0.507 e. The Hall–Kier alpha value is -4.04. The molecule has 5 rings (SSSR count). The summed E-state index contributed by atoms with van der Waals surface area (Å²) in [5, 5.41) is 20.4. The summed E-state index contributed by atoms with van der Waals surface area (Å²) in [4.78, 5) is 21.2. The van der Waals surface area contributed by atoms with Crippen molar-refractivity contribution in [3.63, 3.8) is 0 Å². The van der Waals surface area contributed by atoms with E-state index in [1.807, 2.05) is 18.7 Å².